The van der Waals surface area contributed by atoms with Crippen molar-refractivity contribution in [2.45, 2.75) is 26.9 Å². The fourth-order valence-electron chi connectivity index (χ4n) is 1.96. The fourth-order valence-corrected chi connectivity index (χ4v) is 2.38. The lowest BCUT2D eigenvalue weighted by Crippen LogP contribution is -2.32. The number of carbonyl (C=O) groups is 2. The molecule has 138 valence electrons. The van der Waals surface area contributed by atoms with E-state index in [0.29, 0.717) is 10.8 Å². The number of carbonyl (C=O) groups excluding carboxylic acids is 2. The summed E-state index contributed by atoms with van der Waals surface area (Å²) >= 11 is 11.7. The van der Waals surface area contributed by atoms with Gasteiger partial charge < -0.3 is 14.8 Å². The first-order chi connectivity index (χ1) is 12.3. The van der Waals surface area contributed by atoms with Crippen molar-refractivity contribution in [2.75, 3.05) is 11.9 Å². The number of aromatic nitrogens is 1. The summed E-state index contributed by atoms with van der Waals surface area (Å²) in [5.74, 6) is -0.545. The van der Waals surface area contributed by atoms with Crippen molar-refractivity contribution in [3.63, 3.8) is 0 Å². The van der Waals surface area contributed by atoms with Gasteiger partial charge in [-0.1, -0.05) is 29.3 Å². The van der Waals surface area contributed by atoms with E-state index in [0.717, 1.165) is 11.1 Å². The fraction of sp³-hybridized carbons (Fsp3) is 0.278. The molecule has 1 amide bonds. The van der Waals surface area contributed by atoms with Crippen LogP contribution in [0.4, 0.5) is 5.82 Å². The van der Waals surface area contributed by atoms with Gasteiger partial charge in [0.05, 0.1) is 10.0 Å². The van der Waals surface area contributed by atoms with Crippen LogP contribution in [-0.4, -0.2) is 29.6 Å². The summed E-state index contributed by atoms with van der Waals surface area (Å²) in [5.41, 5.74) is 2.18. The molecule has 0 aliphatic heterocycles. The largest absolute Gasteiger partial charge is 0.482 e. The van der Waals surface area contributed by atoms with Crippen LogP contribution in [0.5, 0.6) is 5.75 Å². The Kier molecular flexibility index (Phi) is 6.83. The van der Waals surface area contributed by atoms with Crippen molar-refractivity contribution in [3.05, 3.63) is 51.6 Å². The quantitative estimate of drug-likeness (QED) is 0.747. The Morgan fingerprint density at radius 2 is 1.92 bits per heavy atom. The van der Waals surface area contributed by atoms with Crippen molar-refractivity contribution in [1.82, 2.24) is 4.98 Å². The van der Waals surface area contributed by atoms with Crippen LogP contribution in [0.1, 0.15) is 18.1 Å². The molecule has 6 nitrogen and oxygen atoms in total. The summed E-state index contributed by atoms with van der Waals surface area (Å²) < 4.78 is 10.4. The van der Waals surface area contributed by atoms with Gasteiger partial charge in [0.15, 0.2) is 18.5 Å². The van der Waals surface area contributed by atoms with Crippen molar-refractivity contribution in [3.8, 4) is 5.75 Å². The predicted octanol–water partition coefficient (Wildman–Crippen LogP) is 3.95. The third kappa shape index (κ3) is 5.61. The Balaban J connectivity index is 1.85. The summed E-state index contributed by atoms with van der Waals surface area (Å²) in [5, 5.41) is 3.00. The Morgan fingerprint density at radius 1 is 1.19 bits per heavy atom. The molecule has 1 aromatic heterocycles. The number of hydrogen-bond donors (Lipinski definition) is 1. The zero-order chi connectivity index (χ0) is 19.3. The molecule has 0 aliphatic rings. The van der Waals surface area contributed by atoms with Crippen molar-refractivity contribution >= 4 is 40.9 Å². The van der Waals surface area contributed by atoms with Gasteiger partial charge in [0.25, 0.3) is 5.91 Å². The molecule has 0 radical (unpaired) electrons. The van der Waals surface area contributed by atoms with Gasteiger partial charge in [-0.3, -0.25) is 4.79 Å². The number of pyridine rings is 1. The molecular formula is C18H18Cl2N2O4. The van der Waals surface area contributed by atoms with E-state index in [1.54, 1.807) is 6.07 Å². The molecule has 0 unspecified atom stereocenters. The minimum absolute atomic E-state index is 0.135. The van der Waals surface area contributed by atoms with E-state index in [1.807, 2.05) is 26.0 Å². The van der Waals surface area contributed by atoms with E-state index < -0.39 is 18.0 Å². The number of hydrogen-bond acceptors (Lipinski definition) is 5. The number of ether oxygens (including phenoxy) is 2. The van der Waals surface area contributed by atoms with Crippen LogP contribution in [0.25, 0.3) is 0 Å². The van der Waals surface area contributed by atoms with Gasteiger partial charge in [0, 0.05) is 6.20 Å². The highest BCUT2D eigenvalue weighted by atomic mass is 35.5. The minimum atomic E-state index is -1.04. The number of esters is 1. The number of benzene rings is 1. The zero-order valence-corrected chi connectivity index (χ0v) is 16.0. The maximum Gasteiger partial charge on any atom is 0.344 e. The number of anilines is 1. The second kappa shape index (κ2) is 8.87. The third-order valence-electron chi connectivity index (χ3n) is 3.56. The molecule has 0 bridgehead atoms. The van der Waals surface area contributed by atoms with E-state index >= 15 is 0 Å². The Labute approximate surface area is 161 Å². The van der Waals surface area contributed by atoms with Crippen LogP contribution in [0, 0.1) is 13.8 Å². The summed E-state index contributed by atoms with van der Waals surface area (Å²) in [4.78, 5) is 27.9. The van der Waals surface area contributed by atoms with E-state index in [-0.39, 0.29) is 17.4 Å². The number of aryl methyl sites for hydroxylation is 2. The lowest BCUT2D eigenvalue weighted by molar-refractivity contribution is -0.155. The number of nitrogens with zero attached hydrogens (tertiary/aromatic N) is 1. The van der Waals surface area contributed by atoms with Crippen LogP contribution in [0.2, 0.25) is 10.0 Å². The summed E-state index contributed by atoms with van der Waals surface area (Å²) in [6.07, 6.45) is 0.302. The Morgan fingerprint density at radius 3 is 2.58 bits per heavy atom. The molecule has 0 fully saturated rings. The molecule has 1 aromatic carbocycles. The van der Waals surface area contributed by atoms with Gasteiger partial charge in [-0.05, 0) is 50.1 Å². The average Bonchev–Trinajstić information content (AvgIpc) is 2.58. The average molecular weight is 397 g/mol. The van der Waals surface area contributed by atoms with E-state index in [1.165, 1.54) is 19.2 Å². The van der Waals surface area contributed by atoms with Gasteiger partial charge in [0.1, 0.15) is 5.75 Å². The first-order valence-electron chi connectivity index (χ1n) is 7.77. The first-order valence-corrected chi connectivity index (χ1v) is 8.53. The number of amides is 1. The molecule has 26 heavy (non-hydrogen) atoms. The lowest BCUT2D eigenvalue weighted by Gasteiger charge is -2.14. The normalized spacial score (nSPS) is 11.6. The molecule has 0 spiro atoms. The molecule has 1 heterocycles. The van der Waals surface area contributed by atoms with Crippen LogP contribution in [0.15, 0.2) is 30.5 Å². The maximum atomic E-state index is 12.1. The number of halogens is 2. The van der Waals surface area contributed by atoms with E-state index in [9.17, 15) is 9.59 Å². The van der Waals surface area contributed by atoms with Gasteiger partial charge >= 0.3 is 5.97 Å². The molecule has 2 aromatic rings. The van der Waals surface area contributed by atoms with Crippen LogP contribution < -0.4 is 10.1 Å². The zero-order valence-electron chi connectivity index (χ0n) is 14.5. The number of rotatable bonds is 6. The highest BCUT2D eigenvalue weighted by molar-refractivity contribution is 6.36. The van der Waals surface area contributed by atoms with Crippen molar-refractivity contribution < 1.29 is 19.1 Å². The molecule has 2 rings (SSSR count). The second-order valence-electron chi connectivity index (χ2n) is 5.64. The smallest absolute Gasteiger partial charge is 0.344 e. The number of nitrogens with one attached hydrogen (secondary N) is 1. The van der Waals surface area contributed by atoms with Crippen LogP contribution in [-0.2, 0) is 14.3 Å². The van der Waals surface area contributed by atoms with Gasteiger partial charge in [-0.2, -0.15) is 0 Å². The first kappa shape index (κ1) is 20.0. The van der Waals surface area contributed by atoms with Crippen LogP contribution in [0.3, 0.4) is 0 Å². The molecule has 1 atom stereocenters. The molecule has 0 saturated carbocycles. The topological polar surface area (TPSA) is 77.5 Å². The molecule has 0 saturated heterocycles. The highest BCUT2D eigenvalue weighted by Crippen LogP contribution is 2.22. The van der Waals surface area contributed by atoms with E-state index in [4.69, 9.17) is 32.7 Å². The summed E-state index contributed by atoms with van der Waals surface area (Å²) in [7, 11) is 0. The molecule has 1 N–H and O–H groups in total. The molecule has 0 aliphatic carbocycles. The van der Waals surface area contributed by atoms with E-state index in [2.05, 4.69) is 10.3 Å². The standard InChI is InChI=1S/C18H18Cl2N2O4/c1-10-4-5-14(6-11(10)2)25-9-16(23)26-12(3)18(24)22-17-15(20)7-13(19)8-21-17/h4-8,12H,9H2,1-3H3,(H,21,22,24)/t12-/m1/s1. The maximum absolute atomic E-state index is 12.1. The Hall–Kier alpha value is -2.31. The monoisotopic (exact) mass is 396 g/mol. The predicted molar refractivity (Wildman–Crippen MR) is 99.9 cm³/mol. The van der Waals surface area contributed by atoms with Gasteiger partial charge in [-0.15, -0.1) is 0 Å². The lowest BCUT2D eigenvalue weighted by atomic mass is 10.1. The highest BCUT2D eigenvalue weighted by Gasteiger charge is 2.19. The minimum Gasteiger partial charge on any atom is -0.482 e. The van der Waals surface area contributed by atoms with Crippen LogP contribution >= 0.6 is 23.2 Å². The SMILES string of the molecule is Cc1ccc(OCC(=O)O[C@H](C)C(=O)Nc2ncc(Cl)cc2Cl)cc1C. The second-order valence-corrected chi connectivity index (χ2v) is 6.48. The van der Waals surface area contributed by atoms with Gasteiger partial charge in [-0.25, -0.2) is 9.78 Å². The van der Waals surface area contributed by atoms with Crippen molar-refractivity contribution in [1.29, 1.82) is 0 Å². The van der Waals surface area contributed by atoms with Crippen molar-refractivity contribution in [2.24, 2.45) is 0 Å². The molecule has 8 heteroatoms. The summed E-state index contributed by atoms with van der Waals surface area (Å²) in [6.45, 7) is 5.06. The van der Waals surface area contributed by atoms with Gasteiger partial charge in [0.2, 0.25) is 0 Å². The molecular weight excluding hydrogens is 379 g/mol. The summed E-state index contributed by atoms with van der Waals surface area (Å²) in [6, 6.07) is 6.93. The third-order valence-corrected chi connectivity index (χ3v) is 4.06. The Bertz CT molecular complexity index is 827.